The number of carbonyl (C=O) groups is 2. The minimum absolute atomic E-state index is 0.304. The molecular formula is C25H22ClNO4. The third-order valence-corrected chi connectivity index (χ3v) is 5.92. The van der Waals surface area contributed by atoms with Gasteiger partial charge in [-0.2, -0.15) is 0 Å². The number of carbonyl (C=O) groups excluding carboxylic acids is 1. The van der Waals surface area contributed by atoms with Gasteiger partial charge in [-0.15, -0.1) is 0 Å². The molecule has 0 unspecified atom stereocenters. The lowest BCUT2D eigenvalue weighted by Gasteiger charge is -2.29. The maximum absolute atomic E-state index is 13.4. The maximum atomic E-state index is 13.4. The molecule has 0 bridgehead atoms. The highest BCUT2D eigenvalue weighted by molar-refractivity contribution is 6.30. The minimum Gasteiger partial charge on any atom is -0.496 e. The first-order valence-corrected chi connectivity index (χ1v) is 10.4. The van der Waals surface area contributed by atoms with Gasteiger partial charge in [-0.1, -0.05) is 54.1 Å². The third-order valence-electron chi connectivity index (χ3n) is 5.69. The lowest BCUT2D eigenvalue weighted by Crippen LogP contribution is -2.41. The van der Waals surface area contributed by atoms with E-state index in [0.717, 1.165) is 22.4 Å². The fraction of sp³-hybridized carbons (Fsp3) is 0.200. The number of para-hydroxylation sites is 1. The molecule has 2 atom stereocenters. The summed E-state index contributed by atoms with van der Waals surface area (Å²) in [6.45, 7) is 0. The van der Waals surface area contributed by atoms with Crippen molar-refractivity contribution in [2.45, 2.75) is 24.9 Å². The Kier molecular flexibility index (Phi) is 5.96. The first-order chi connectivity index (χ1) is 15.0. The van der Waals surface area contributed by atoms with Gasteiger partial charge < -0.3 is 14.7 Å². The molecule has 1 aliphatic heterocycles. The van der Waals surface area contributed by atoms with E-state index in [9.17, 15) is 14.7 Å². The van der Waals surface area contributed by atoms with Crippen LogP contribution in [0.25, 0.3) is 11.1 Å². The fourth-order valence-electron chi connectivity index (χ4n) is 4.20. The minimum atomic E-state index is -0.997. The molecule has 0 saturated carbocycles. The number of hydrogen-bond donors (Lipinski definition) is 1. The summed E-state index contributed by atoms with van der Waals surface area (Å²) in [5, 5.41) is 10.3. The molecule has 6 heteroatoms. The number of ether oxygens (including phenoxy) is 1. The standard InChI is InChI=1S/C25H22ClNO4/c1-31-23-8-3-2-7-20(23)16-9-11-17(12-10-16)24(28)27-21(13-14-22(27)25(29)30)18-5-4-6-19(26)15-18/h2-12,15,21-22H,13-14H2,1H3,(H,29,30)/t21-,22+/m1/s1. The molecular weight excluding hydrogens is 414 g/mol. The number of methoxy groups -OCH3 is 1. The van der Waals surface area contributed by atoms with Crippen molar-refractivity contribution >= 4 is 23.5 Å². The smallest absolute Gasteiger partial charge is 0.326 e. The van der Waals surface area contributed by atoms with Gasteiger partial charge in [0, 0.05) is 16.1 Å². The van der Waals surface area contributed by atoms with Crippen LogP contribution in [0.2, 0.25) is 5.02 Å². The molecule has 4 rings (SSSR count). The summed E-state index contributed by atoms with van der Waals surface area (Å²) in [4.78, 5) is 26.8. The van der Waals surface area contributed by atoms with Crippen LogP contribution in [0, 0.1) is 0 Å². The van der Waals surface area contributed by atoms with Crippen LogP contribution in [0.3, 0.4) is 0 Å². The molecule has 1 N–H and O–H groups in total. The van der Waals surface area contributed by atoms with Crippen molar-refractivity contribution in [3.63, 3.8) is 0 Å². The van der Waals surface area contributed by atoms with Crippen molar-refractivity contribution in [3.8, 4) is 16.9 Å². The van der Waals surface area contributed by atoms with Gasteiger partial charge in [-0.25, -0.2) is 4.79 Å². The third kappa shape index (κ3) is 4.14. The first kappa shape index (κ1) is 20.9. The zero-order valence-corrected chi connectivity index (χ0v) is 17.8. The van der Waals surface area contributed by atoms with Crippen LogP contribution >= 0.6 is 11.6 Å². The number of carboxylic acids is 1. The number of aliphatic carboxylic acids is 1. The molecule has 5 nitrogen and oxygen atoms in total. The molecule has 0 spiro atoms. The highest BCUT2D eigenvalue weighted by atomic mass is 35.5. The zero-order chi connectivity index (χ0) is 22.0. The number of benzene rings is 3. The molecule has 158 valence electrons. The van der Waals surface area contributed by atoms with Crippen LogP contribution in [0.1, 0.15) is 34.8 Å². The van der Waals surface area contributed by atoms with E-state index in [1.54, 1.807) is 31.4 Å². The summed E-state index contributed by atoms with van der Waals surface area (Å²) in [5.41, 5.74) is 3.12. The Morgan fingerprint density at radius 1 is 1.00 bits per heavy atom. The van der Waals surface area contributed by atoms with Crippen molar-refractivity contribution in [1.82, 2.24) is 4.90 Å². The largest absolute Gasteiger partial charge is 0.496 e. The molecule has 1 heterocycles. The summed E-state index contributed by atoms with van der Waals surface area (Å²) in [6.07, 6.45) is 0.972. The first-order valence-electron chi connectivity index (χ1n) is 10.0. The van der Waals surface area contributed by atoms with Gasteiger partial charge in [0.15, 0.2) is 0 Å². The highest BCUT2D eigenvalue weighted by Gasteiger charge is 2.42. The second-order valence-electron chi connectivity index (χ2n) is 7.49. The number of carboxylic acid groups (broad SMARTS) is 1. The Hall–Kier alpha value is -3.31. The Morgan fingerprint density at radius 2 is 1.74 bits per heavy atom. The Labute approximate surface area is 185 Å². The number of halogens is 1. The zero-order valence-electron chi connectivity index (χ0n) is 17.0. The summed E-state index contributed by atoms with van der Waals surface area (Å²) < 4.78 is 5.42. The molecule has 3 aromatic carbocycles. The van der Waals surface area contributed by atoms with E-state index in [0.29, 0.717) is 23.4 Å². The molecule has 3 aromatic rings. The van der Waals surface area contributed by atoms with Gasteiger partial charge >= 0.3 is 5.97 Å². The Morgan fingerprint density at radius 3 is 2.42 bits per heavy atom. The monoisotopic (exact) mass is 435 g/mol. The molecule has 0 radical (unpaired) electrons. The van der Waals surface area contributed by atoms with Crippen LogP contribution in [0.15, 0.2) is 72.8 Å². The molecule has 1 aliphatic rings. The van der Waals surface area contributed by atoms with Crippen molar-refractivity contribution in [2.24, 2.45) is 0 Å². The van der Waals surface area contributed by atoms with Gasteiger partial charge in [-0.05, 0) is 54.3 Å². The van der Waals surface area contributed by atoms with E-state index in [4.69, 9.17) is 16.3 Å². The van der Waals surface area contributed by atoms with Gasteiger partial charge in [0.05, 0.1) is 13.2 Å². The number of likely N-dealkylation sites (tertiary alicyclic amines) is 1. The summed E-state index contributed by atoms with van der Waals surface area (Å²) in [7, 11) is 1.62. The number of hydrogen-bond acceptors (Lipinski definition) is 3. The predicted octanol–water partition coefficient (Wildman–Crippen LogP) is 5.45. The molecule has 0 aliphatic carbocycles. The highest BCUT2D eigenvalue weighted by Crippen LogP contribution is 2.38. The van der Waals surface area contributed by atoms with Gasteiger partial charge in [0.2, 0.25) is 0 Å². The molecule has 31 heavy (non-hydrogen) atoms. The van der Waals surface area contributed by atoms with Crippen LogP contribution in [-0.4, -0.2) is 35.0 Å². The average molecular weight is 436 g/mol. The normalized spacial score (nSPS) is 18.1. The van der Waals surface area contributed by atoms with E-state index in [1.165, 1.54) is 4.90 Å². The maximum Gasteiger partial charge on any atom is 0.326 e. The molecule has 0 aromatic heterocycles. The van der Waals surface area contributed by atoms with Crippen LogP contribution in [0.5, 0.6) is 5.75 Å². The van der Waals surface area contributed by atoms with Crippen molar-refractivity contribution in [2.75, 3.05) is 7.11 Å². The fourth-order valence-corrected chi connectivity index (χ4v) is 4.40. The van der Waals surface area contributed by atoms with Crippen LogP contribution < -0.4 is 4.74 Å². The summed E-state index contributed by atoms with van der Waals surface area (Å²) in [5.74, 6) is -0.557. The van der Waals surface area contributed by atoms with Gasteiger partial charge in [0.25, 0.3) is 5.91 Å². The Balaban J connectivity index is 1.66. The average Bonchev–Trinajstić information content (AvgIpc) is 3.24. The summed E-state index contributed by atoms with van der Waals surface area (Å²) in [6, 6.07) is 20.9. The number of rotatable bonds is 5. The second kappa shape index (κ2) is 8.82. The van der Waals surface area contributed by atoms with E-state index in [-0.39, 0.29) is 11.9 Å². The topological polar surface area (TPSA) is 66.8 Å². The lowest BCUT2D eigenvalue weighted by molar-refractivity contribution is -0.141. The van der Waals surface area contributed by atoms with Gasteiger partial charge in [-0.3, -0.25) is 4.79 Å². The molecule has 1 fully saturated rings. The SMILES string of the molecule is COc1ccccc1-c1ccc(C(=O)N2[C@@H](c3cccc(Cl)c3)CC[C@H]2C(=O)O)cc1. The van der Waals surface area contributed by atoms with Crippen LogP contribution in [0.4, 0.5) is 0 Å². The van der Waals surface area contributed by atoms with Crippen LogP contribution in [-0.2, 0) is 4.79 Å². The molecule has 1 saturated heterocycles. The van der Waals surface area contributed by atoms with Crippen molar-refractivity contribution < 1.29 is 19.4 Å². The summed E-state index contributed by atoms with van der Waals surface area (Å²) >= 11 is 6.14. The second-order valence-corrected chi connectivity index (χ2v) is 7.93. The quantitative estimate of drug-likeness (QED) is 0.579. The number of nitrogens with zero attached hydrogens (tertiary/aromatic N) is 1. The lowest BCUT2D eigenvalue weighted by atomic mass is 10.0. The molecule has 1 amide bonds. The van der Waals surface area contributed by atoms with Crippen molar-refractivity contribution in [3.05, 3.63) is 88.9 Å². The van der Waals surface area contributed by atoms with E-state index in [1.807, 2.05) is 48.5 Å². The Bertz CT molecular complexity index is 1110. The van der Waals surface area contributed by atoms with Gasteiger partial charge in [0.1, 0.15) is 11.8 Å². The predicted molar refractivity (Wildman–Crippen MR) is 119 cm³/mol. The van der Waals surface area contributed by atoms with E-state index < -0.39 is 12.0 Å². The number of amides is 1. The van der Waals surface area contributed by atoms with Crippen molar-refractivity contribution in [1.29, 1.82) is 0 Å². The van der Waals surface area contributed by atoms with E-state index in [2.05, 4.69) is 0 Å². The van der Waals surface area contributed by atoms with E-state index >= 15 is 0 Å².